The van der Waals surface area contributed by atoms with Gasteiger partial charge in [-0.15, -0.1) is 10.2 Å². The van der Waals surface area contributed by atoms with E-state index in [1.165, 1.54) is 29.2 Å². The highest BCUT2D eigenvalue weighted by Crippen LogP contribution is 2.30. The van der Waals surface area contributed by atoms with Crippen LogP contribution in [0.5, 0.6) is 0 Å². The van der Waals surface area contributed by atoms with Gasteiger partial charge in [-0.05, 0) is 18.2 Å². The molecule has 0 radical (unpaired) electrons. The number of alkyl halides is 6. The molecule has 0 saturated heterocycles. The minimum absolute atomic E-state index is 0.0520. The molecule has 0 bridgehead atoms. The molecule has 0 fully saturated rings. The lowest BCUT2D eigenvalue weighted by Crippen LogP contribution is -3.02. The lowest BCUT2D eigenvalue weighted by molar-refractivity contribution is -0.854. The van der Waals surface area contributed by atoms with Crippen LogP contribution in [0.3, 0.4) is 0 Å². The van der Waals surface area contributed by atoms with E-state index in [1.807, 2.05) is 0 Å². The van der Waals surface area contributed by atoms with Crippen molar-refractivity contribution in [3.63, 3.8) is 0 Å². The molecule has 1 atom stereocenters. The second-order valence-corrected chi connectivity index (χ2v) is 8.82. The van der Waals surface area contributed by atoms with Crippen molar-refractivity contribution in [2.75, 3.05) is 6.54 Å². The Hall–Kier alpha value is -4.74. The van der Waals surface area contributed by atoms with Crippen LogP contribution in [-0.4, -0.2) is 56.3 Å². The van der Waals surface area contributed by atoms with Gasteiger partial charge in [-0.1, -0.05) is 17.2 Å². The fraction of sp³-hybridized carbons (Fsp3) is 0.250. The normalized spacial score (nSPS) is 16.3. The van der Waals surface area contributed by atoms with Crippen LogP contribution in [0, 0.1) is 11.6 Å². The molecule has 3 aromatic rings. The first-order chi connectivity index (χ1) is 19.6. The van der Waals surface area contributed by atoms with Crippen LogP contribution in [0.25, 0.3) is 0 Å². The number of hydrogen-bond acceptors (Lipinski definition) is 7. The maximum Gasteiger partial charge on any atom is 0.451 e. The zero-order valence-electron chi connectivity index (χ0n) is 20.8. The summed E-state index contributed by atoms with van der Waals surface area (Å²) in [6.07, 6.45) is -8.86. The molecule has 2 aliphatic rings. The van der Waals surface area contributed by atoms with Crippen molar-refractivity contribution in [2.45, 2.75) is 32.0 Å². The van der Waals surface area contributed by atoms with Gasteiger partial charge in [0, 0.05) is 24.7 Å². The smallest absolute Gasteiger partial charge is 0.451 e. The van der Waals surface area contributed by atoms with Crippen molar-refractivity contribution >= 4 is 29.6 Å². The van der Waals surface area contributed by atoms with Gasteiger partial charge in [0.05, 0.1) is 12.1 Å². The number of nitrogens with zero attached hydrogens (tertiary/aromatic N) is 5. The Morgan fingerprint density at radius 2 is 1.67 bits per heavy atom. The van der Waals surface area contributed by atoms with E-state index >= 15 is 0 Å². The van der Waals surface area contributed by atoms with Gasteiger partial charge in [0.25, 0.3) is 5.91 Å². The Bertz CT molecular complexity index is 1580. The minimum Gasteiger partial charge on any atom is -0.542 e. The Kier molecular flexibility index (Phi) is 8.11. The molecule has 1 aromatic heterocycles. The number of carboxylic acid groups (broad SMARTS) is 1. The SMILES string of the molecule is O=C([O-])C(F)(F)F.O=C1C=N[NH+](Cc2ccc(F)c(C(=O)N3CCn4c(nnc4C(F)(F)F)C3)c2)c2cccc(F)c21. The van der Waals surface area contributed by atoms with Gasteiger partial charge in [0.1, 0.15) is 35.9 Å². The molecule has 2 aliphatic heterocycles. The van der Waals surface area contributed by atoms with Crippen LogP contribution in [0.15, 0.2) is 41.5 Å². The predicted octanol–water partition coefficient (Wildman–Crippen LogP) is 1.43. The van der Waals surface area contributed by atoms with Crippen LogP contribution in [0.1, 0.15) is 37.9 Å². The van der Waals surface area contributed by atoms with Crippen LogP contribution in [-0.2, 0) is 30.6 Å². The lowest BCUT2D eigenvalue weighted by atomic mass is 10.0. The third kappa shape index (κ3) is 6.27. The molecule has 1 unspecified atom stereocenters. The topological polar surface area (TPSA) is 125 Å². The average Bonchev–Trinajstić information content (AvgIpc) is 3.35. The second-order valence-electron chi connectivity index (χ2n) is 8.82. The molecule has 10 nitrogen and oxygen atoms in total. The highest BCUT2D eigenvalue weighted by molar-refractivity contribution is 6.36. The molecule has 18 heteroatoms. The number of ketones is 1. The summed E-state index contributed by atoms with van der Waals surface area (Å²) >= 11 is 0. The zero-order chi connectivity index (χ0) is 31.0. The predicted molar refractivity (Wildman–Crippen MR) is 121 cm³/mol. The summed E-state index contributed by atoms with van der Waals surface area (Å²) in [5.74, 6) is -6.97. The molecule has 3 heterocycles. The number of carbonyl (C=O) groups excluding carboxylic acids is 3. The number of nitrogens with one attached hydrogen (secondary N) is 1. The fourth-order valence-electron chi connectivity index (χ4n) is 4.18. The Morgan fingerprint density at radius 1 is 0.976 bits per heavy atom. The van der Waals surface area contributed by atoms with Crippen molar-refractivity contribution in [2.24, 2.45) is 5.10 Å². The standard InChI is InChI=1S/C22H15F5N6O2.C2HF3O2/c23-14-5-4-12(10-33-16-3-1-2-15(24)19(16)17(34)9-28-33)8-13(14)20(35)31-6-7-32-18(11-31)29-30-21(32)22(25,26)27;3-2(4,5)1(6)7/h1-5,8-9H,6-7,10-11H2;(H,6,7). The largest absolute Gasteiger partial charge is 0.542 e. The van der Waals surface area contributed by atoms with Gasteiger partial charge in [-0.3, -0.25) is 9.59 Å². The van der Waals surface area contributed by atoms with E-state index in [0.717, 1.165) is 16.8 Å². The summed E-state index contributed by atoms with van der Waals surface area (Å²) in [5, 5.41) is 20.0. The number of Topliss-reactive ketones (excluding diaryl/α,β-unsaturated/α-hetero) is 1. The summed E-state index contributed by atoms with van der Waals surface area (Å²) in [6, 6.07) is 8.02. The number of benzene rings is 2. The van der Waals surface area contributed by atoms with Gasteiger partial charge in [-0.25, -0.2) is 8.78 Å². The molecule has 0 spiro atoms. The zero-order valence-corrected chi connectivity index (χ0v) is 20.8. The highest BCUT2D eigenvalue weighted by Gasteiger charge is 2.40. The maximum atomic E-state index is 14.6. The van der Waals surface area contributed by atoms with E-state index in [0.29, 0.717) is 16.3 Å². The van der Waals surface area contributed by atoms with Crippen molar-refractivity contribution in [3.8, 4) is 0 Å². The number of aliphatic carboxylic acids is 1. The van der Waals surface area contributed by atoms with E-state index in [2.05, 4.69) is 15.3 Å². The fourth-order valence-corrected chi connectivity index (χ4v) is 4.18. The molecule has 5 rings (SSSR count). The van der Waals surface area contributed by atoms with Crippen molar-refractivity contribution < 1.29 is 59.6 Å². The molecular formula is C24H16F8N6O4. The van der Waals surface area contributed by atoms with E-state index in [4.69, 9.17) is 9.90 Å². The van der Waals surface area contributed by atoms with Crippen molar-refractivity contribution in [1.29, 1.82) is 0 Å². The number of fused-ring (bicyclic) bond motifs is 2. The monoisotopic (exact) mass is 604 g/mol. The van der Waals surface area contributed by atoms with Crippen LogP contribution in [0.2, 0.25) is 0 Å². The molecule has 222 valence electrons. The third-order valence-corrected chi connectivity index (χ3v) is 6.07. The highest BCUT2D eigenvalue weighted by atomic mass is 19.4. The summed E-state index contributed by atoms with van der Waals surface area (Å²) in [7, 11) is 0. The molecular weight excluding hydrogens is 588 g/mol. The number of rotatable bonds is 3. The van der Waals surface area contributed by atoms with E-state index in [1.54, 1.807) is 6.07 Å². The van der Waals surface area contributed by atoms with Crippen LogP contribution in [0.4, 0.5) is 40.8 Å². The summed E-state index contributed by atoms with van der Waals surface area (Å²) in [6.45, 7) is -0.452. The first-order valence-electron chi connectivity index (χ1n) is 11.7. The summed E-state index contributed by atoms with van der Waals surface area (Å²) in [4.78, 5) is 35.1. The number of halogens is 8. The van der Waals surface area contributed by atoms with Gasteiger partial charge < -0.3 is 19.4 Å². The molecule has 0 saturated carbocycles. The molecule has 42 heavy (non-hydrogen) atoms. The molecule has 1 amide bonds. The van der Waals surface area contributed by atoms with Gasteiger partial charge in [0.2, 0.25) is 11.6 Å². The quantitative estimate of drug-likeness (QED) is 0.452. The van der Waals surface area contributed by atoms with Gasteiger partial charge in [-0.2, -0.15) is 31.4 Å². The molecule has 0 aliphatic carbocycles. The molecule has 1 N–H and O–H groups in total. The summed E-state index contributed by atoms with van der Waals surface area (Å²) in [5.41, 5.74) is 0.408. The first-order valence-corrected chi connectivity index (χ1v) is 11.7. The Morgan fingerprint density at radius 3 is 2.31 bits per heavy atom. The van der Waals surface area contributed by atoms with Crippen molar-refractivity contribution in [1.82, 2.24) is 19.7 Å². The first kappa shape index (κ1) is 30.2. The van der Waals surface area contributed by atoms with E-state index in [-0.39, 0.29) is 43.1 Å². The van der Waals surface area contributed by atoms with Gasteiger partial charge in [0.15, 0.2) is 11.5 Å². The second kappa shape index (κ2) is 11.3. The Labute approximate surface area is 229 Å². The molecule has 2 aromatic carbocycles. The number of carbonyl (C=O) groups is 3. The van der Waals surface area contributed by atoms with Crippen LogP contribution >= 0.6 is 0 Å². The number of carboxylic acids is 1. The number of amides is 1. The maximum absolute atomic E-state index is 14.6. The number of hydrogen-bond donors (Lipinski definition) is 1. The number of quaternary nitrogens is 1. The minimum atomic E-state index is -5.19. The van der Waals surface area contributed by atoms with E-state index < -0.39 is 47.5 Å². The van der Waals surface area contributed by atoms with Crippen LogP contribution < -0.4 is 10.1 Å². The van der Waals surface area contributed by atoms with Gasteiger partial charge >= 0.3 is 12.4 Å². The summed E-state index contributed by atoms with van der Waals surface area (Å²) < 4.78 is 100. The third-order valence-electron chi connectivity index (χ3n) is 6.07. The lowest BCUT2D eigenvalue weighted by Gasteiger charge is -2.28. The number of aromatic nitrogens is 3. The average molecular weight is 604 g/mol. The van der Waals surface area contributed by atoms with E-state index in [9.17, 15) is 44.7 Å². The Balaban J connectivity index is 0.000000517. The van der Waals surface area contributed by atoms with Crippen molar-refractivity contribution in [3.05, 3.63) is 76.4 Å².